The average Bonchev–Trinajstić information content (AvgIpc) is 2.67. The zero-order chi connectivity index (χ0) is 19.2. The van der Waals surface area contributed by atoms with Crippen LogP contribution in [0.4, 0.5) is 11.4 Å². The van der Waals surface area contributed by atoms with Crippen LogP contribution in [0.2, 0.25) is 0 Å². The molecule has 2 aromatic rings. The van der Waals surface area contributed by atoms with Crippen molar-refractivity contribution in [1.29, 1.82) is 0 Å². The quantitative estimate of drug-likeness (QED) is 0.631. The van der Waals surface area contributed by atoms with Crippen LogP contribution >= 0.6 is 11.8 Å². The van der Waals surface area contributed by atoms with Crippen molar-refractivity contribution >= 4 is 35.0 Å². The summed E-state index contributed by atoms with van der Waals surface area (Å²) in [5.74, 6) is 0.885. The van der Waals surface area contributed by atoms with E-state index in [0.29, 0.717) is 30.4 Å². The zero-order valence-electron chi connectivity index (χ0n) is 14.9. The molecule has 0 saturated heterocycles. The van der Waals surface area contributed by atoms with Gasteiger partial charge in [-0.1, -0.05) is 12.1 Å². The van der Waals surface area contributed by atoms with Gasteiger partial charge in [0.25, 0.3) is 0 Å². The number of anilines is 2. The van der Waals surface area contributed by atoms with E-state index in [1.165, 1.54) is 11.8 Å². The molecule has 2 aromatic carbocycles. The summed E-state index contributed by atoms with van der Waals surface area (Å²) >= 11 is 1.33. The van der Waals surface area contributed by atoms with Crippen LogP contribution in [-0.4, -0.2) is 36.8 Å². The van der Waals surface area contributed by atoms with Gasteiger partial charge >= 0.3 is 0 Å². The first-order chi connectivity index (χ1) is 13.0. The van der Waals surface area contributed by atoms with E-state index in [9.17, 15) is 9.59 Å². The fraction of sp³-hybridized carbons (Fsp3) is 0.263. The summed E-state index contributed by atoms with van der Waals surface area (Å²) in [6, 6.07) is 12.3. The van der Waals surface area contributed by atoms with Crippen molar-refractivity contribution in [2.75, 3.05) is 29.6 Å². The molecule has 1 atom stereocenters. The number of nitrogens with two attached hydrogens (primary N) is 1. The van der Waals surface area contributed by atoms with Crippen LogP contribution in [0.25, 0.3) is 0 Å². The maximum absolute atomic E-state index is 12.5. The molecule has 0 saturated carbocycles. The van der Waals surface area contributed by atoms with E-state index in [4.69, 9.17) is 15.2 Å². The molecule has 0 aliphatic carbocycles. The Kier molecular flexibility index (Phi) is 6.08. The minimum Gasteiger partial charge on any atom is -0.486 e. The van der Waals surface area contributed by atoms with Gasteiger partial charge < -0.3 is 25.8 Å². The summed E-state index contributed by atoms with van der Waals surface area (Å²) in [6.07, 6.45) is 0. The number of ether oxygens (including phenoxy) is 2. The van der Waals surface area contributed by atoms with Crippen LogP contribution in [0, 0.1) is 0 Å². The molecule has 1 aliphatic rings. The number of benzene rings is 2. The molecule has 7 nitrogen and oxygen atoms in total. The number of nitrogens with one attached hydrogen (secondary N) is 2. The summed E-state index contributed by atoms with van der Waals surface area (Å²) in [5.41, 5.74) is 6.62. The van der Waals surface area contributed by atoms with E-state index in [-0.39, 0.29) is 17.6 Å². The predicted octanol–water partition coefficient (Wildman–Crippen LogP) is 2.47. The van der Waals surface area contributed by atoms with E-state index >= 15 is 0 Å². The van der Waals surface area contributed by atoms with Crippen LogP contribution in [0.1, 0.15) is 6.92 Å². The molecule has 8 heteroatoms. The molecular weight excluding hydrogens is 366 g/mol. The van der Waals surface area contributed by atoms with Crippen molar-refractivity contribution in [1.82, 2.24) is 0 Å². The van der Waals surface area contributed by atoms with Gasteiger partial charge in [-0.2, -0.15) is 0 Å². The fourth-order valence-corrected chi connectivity index (χ4v) is 3.29. The Morgan fingerprint density at radius 3 is 2.67 bits per heavy atom. The van der Waals surface area contributed by atoms with E-state index in [2.05, 4.69) is 10.6 Å². The monoisotopic (exact) mass is 387 g/mol. The van der Waals surface area contributed by atoms with Crippen LogP contribution in [0.5, 0.6) is 11.5 Å². The van der Waals surface area contributed by atoms with E-state index in [1.807, 2.05) is 24.3 Å². The highest BCUT2D eigenvalue weighted by Gasteiger charge is 2.17. The largest absolute Gasteiger partial charge is 0.486 e. The smallest absolute Gasteiger partial charge is 0.246 e. The summed E-state index contributed by atoms with van der Waals surface area (Å²) in [4.78, 5) is 24.4. The summed E-state index contributed by atoms with van der Waals surface area (Å²) in [7, 11) is 0. The van der Waals surface area contributed by atoms with Crippen molar-refractivity contribution in [3.63, 3.8) is 0 Å². The van der Waals surface area contributed by atoms with E-state index in [1.54, 1.807) is 25.1 Å². The Hall–Kier alpha value is -2.87. The molecule has 1 heterocycles. The molecule has 2 amide bonds. The first-order valence-electron chi connectivity index (χ1n) is 8.50. The van der Waals surface area contributed by atoms with Gasteiger partial charge in [0.15, 0.2) is 11.5 Å². The van der Waals surface area contributed by atoms with Crippen molar-refractivity contribution in [2.24, 2.45) is 5.73 Å². The van der Waals surface area contributed by atoms with Gasteiger partial charge in [-0.25, -0.2) is 0 Å². The third kappa shape index (κ3) is 5.07. The van der Waals surface area contributed by atoms with E-state index in [0.717, 1.165) is 10.6 Å². The van der Waals surface area contributed by atoms with Gasteiger partial charge in [0, 0.05) is 22.3 Å². The normalized spacial score (nSPS) is 13.5. The Bertz CT molecular complexity index is 843. The minimum atomic E-state index is -0.492. The number of carbonyl (C=O) groups is 2. The van der Waals surface area contributed by atoms with Crippen molar-refractivity contribution < 1.29 is 19.1 Å². The van der Waals surface area contributed by atoms with Gasteiger partial charge in [0.05, 0.1) is 5.75 Å². The van der Waals surface area contributed by atoms with Crippen LogP contribution in [0.3, 0.4) is 0 Å². The molecule has 0 fully saturated rings. The number of para-hydroxylation sites is 1. The molecule has 0 radical (unpaired) electrons. The lowest BCUT2D eigenvalue weighted by Gasteiger charge is -2.20. The molecule has 0 unspecified atom stereocenters. The first-order valence-corrected chi connectivity index (χ1v) is 9.48. The number of fused-ring (bicyclic) bond motifs is 1. The summed E-state index contributed by atoms with van der Waals surface area (Å²) < 4.78 is 11.0. The van der Waals surface area contributed by atoms with Crippen molar-refractivity contribution in [3.05, 3.63) is 42.5 Å². The maximum Gasteiger partial charge on any atom is 0.246 e. The number of hydrogen-bond acceptors (Lipinski definition) is 6. The van der Waals surface area contributed by atoms with Gasteiger partial charge in [0.2, 0.25) is 11.8 Å². The summed E-state index contributed by atoms with van der Waals surface area (Å²) in [6.45, 7) is 2.78. The molecular formula is C19H21N3O4S. The number of amides is 2. The maximum atomic E-state index is 12.5. The number of hydrogen-bond donors (Lipinski definition) is 3. The second kappa shape index (κ2) is 8.68. The number of primary amides is 1. The molecule has 27 heavy (non-hydrogen) atoms. The summed E-state index contributed by atoms with van der Waals surface area (Å²) in [5, 5.41) is 6.04. The second-order valence-electron chi connectivity index (χ2n) is 5.96. The Balaban J connectivity index is 1.63. The number of rotatable bonds is 7. The molecule has 0 bridgehead atoms. The third-order valence-electron chi connectivity index (χ3n) is 3.83. The topological polar surface area (TPSA) is 103 Å². The highest BCUT2D eigenvalue weighted by Crippen LogP contribution is 2.32. The average molecular weight is 387 g/mol. The molecule has 0 aromatic heterocycles. The Morgan fingerprint density at radius 2 is 1.89 bits per heavy atom. The van der Waals surface area contributed by atoms with Gasteiger partial charge in [-0.15, -0.1) is 11.8 Å². The lowest BCUT2D eigenvalue weighted by atomic mass is 10.2. The highest BCUT2D eigenvalue weighted by molar-refractivity contribution is 8.00. The first kappa shape index (κ1) is 18.9. The SMILES string of the molecule is C[C@H](Nc1ccccc1SCC(N)=O)C(=O)Nc1ccc2c(c1)OCCO2. The number of carbonyl (C=O) groups excluding carboxylic acids is 2. The standard InChI is InChI=1S/C19H21N3O4S/c1-12(21-14-4-2-3-5-17(14)27-11-18(20)23)19(24)22-13-6-7-15-16(10-13)26-9-8-25-15/h2-7,10,12,21H,8-9,11H2,1H3,(H2,20,23)(H,22,24)/t12-/m0/s1. The minimum absolute atomic E-state index is 0.177. The fourth-order valence-electron chi connectivity index (χ4n) is 2.53. The third-order valence-corrected chi connectivity index (χ3v) is 4.93. The number of thioether (sulfide) groups is 1. The molecule has 1 aliphatic heterocycles. The lowest BCUT2D eigenvalue weighted by molar-refractivity contribution is -0.117. The Morgan fingerprint density at radius 1 is 1.15 bits per heavy atom. The highest BCUT2D eigenvalue weighted by atomic mass is 32.2. The predicted molar refractivity (Wildman–Crippen MR) is 106 cm³/mol. The van der Waals surface area contributed by atoms with Gasteiger partial charge in [-0.05, 0) is 31.2 Å². The van der Waals surface area contributed by atoms with Gasteiger partial charge in [0.1, 0.15) is 19.3 Å². The zero-order valence-corrected chi connectivity index (χ0v) is 15.7. The second-order valence-corrected chi connectivity index (χ2v) is 6.98. The molecule has 3 rings (SSSR count). The van der Waals surface area contributed by atoms with Crippen molar-refractivity contribution in [2.45, 2.75) is 17.9 Å². The van der Waals surface area contributed by atoms with Crippen LogP contribution in [0.15, 0.2) is 47.4 Å². The lowest BCUT2D eigenvalue weighted by Crippen LogP contribution is -2.32. The Labute approximate surface area is 161 Å². The van der Waals surface area contributed by atoms with E-state index < -0.39 is 6.04 Å². The van der Waals surface area contributed by atoms with Crippen LogP contribution < -0.4 is 25.8 Å². The van der Waals surface area contributed by atoms with Gasteiger partial charge in [-0.3, -0.25) is 9.59 Å². The molecule has 142 valence electrons. The molecule has 0 spiro atoms. The van der Waals surface area contributed by atoms with Crippen LogP contribution in [-0.2, 0) is 9.59 Å². The van der Waals surface area contributed by atoms with Crippen molar-refractivity contribution in [3.8, 4) is 11.5 Å². The molecule has 4 N–H and O–H groups in total.